The summed E-state index contributed by atoms with van der Waals surface area (Å²) in [5.41, 5.74) is 2.61. The fourth-order valence-electron chi connectivity index (χ4n) is 2.39. The average Bonchev–Trinajstić information content (AvgIpc) is 3.07. The van der Waals surface area contributed by atoms with Crippen LogP contribution in [0.25, 0.3) is 5.69 Å². The molecule has 0 radical (unpaired) electrons. The van der Waals surface area contributed by atoms with Crippen LogP contribution in [0.1, 0.15) is 29.4 Å². The van der Waals surface area contributed by atoms with Crippen LogP contribution in [-0.2, 0) is 0 Å². The standard InChI is InChI=1S/C20H20FN3O2/c1-3-12-26-18-13-24(17-10-6-15(21)7-11-17)23-19(18)20(25)22-16-8-4-14(2)5-9-16/h4-11,13H,3,12H2,1-2H3,(H,22,25). The van der Waals surface area contributed by atoms with E-state index in [-0.39, 0.29) is 17.4 Å². The lowest BCUT2D eigenvalue weighted by Gasteiger charge is -2.06. The van der Waals surface area contributed by atoms with Crippen LogP contribution in [0.3, 0.4) is 0 Å². The van der Waals surface area contributed by atoms with Crippen molar-refractivity contribution in [2.24, 2.45) is 0 Å². The van der Waals surface area contributed by atoms with Crippen LogP contribution < -0.4 is 10.1 Å². The van der Waals surface area contributed by atoms with Crippen LogP contribution in [0.4, 0.5) is 10.1 Å². The van der Waals surface area contributed by atoms with Crippen molar-refractivity contribution in [1.29, 1.82) is 0 Å². The topological polar surface area (TPSA) is 56.2 Å². The largest absolute Gasteiger partial charge is 0.489 e. The molecule has 0 fully saturated rings. The first-order valence-corrected chi connectivity index (χ1v) is 8.43. The number of carbonyl (C=O) groups excluding carboxylic acids is 1. The highest BCUT2D eigenvalue weighted by Gasteiger charge is 2.19. The predicted octanol–water partition coefficient (Wildman–Crippen LogP) is 4.36. The van der Waals surface area contributed by atoms with Gasteiger partial charge in [0.15, 0.2) is 11.4 Å². The number of nitrogens with zero attached hydrogens (tertiary/aromatic N) is 2. The maximum atomic E-state index is 13.1. The van der Waals surface area contributed by atoms with Gasteiger partial charge in [-0.05, 0) is 49.7 Å². The molecule has 0 spiro atoms. The first-order valence-electron chi connectivity index (χ1n) is 8.43. The van der Waals surface area contributed by atoms with E-state index in [0.717, 1.165) is 12.0 Å². The smallest absolute Gasteiger partial charge is 0.280 e. The third-order valence-corrected chi connectivity index (χ3v) is 3.76. The molecule has 3 rings (SSSR count). The van der Waals surface area contributed by atoms with Crippen molar-refractivity contribution in [1.82, 2.24) is 9.78 Å². The summed E-state index contributed by atoms with van der Waals surface area (Å²) in [7, 11) is 0. The maximum absolute atomic E-state index is 13.1. The predicted molar refractivity (Wildman–Crippen MR) is 98.4 cm³/mol. The lowest BCUT2D eigenvalue weighted by Crippen LogP contribution is -2.14. The molecule has 0 bridgehead atoms. The van der Waals surface area contributed by atoms with E-state index in [0.29, 0.717) is 23.7 Å². The third kappa shape index (κ3) is 4.08. The Hall–Kier alpha value is -3.15. The summed E-state index contributed by atoms with van der Waals surface area (Å²) in [5, 5.41) is 7.16. The maximum Gasteiger partial charge on any atom is 0.280 e. The van der Waals surface area contributed by atoms with Gasteiger partial charge >= 0.3 is 0 Å². The normalized spacial score (nSPS) is 10.6. The van der Waals surface area contributed by atoms with Crippen molar-refractivity contribution in [3.8, 4) is 11.4 Å². The Labute approximate surface area is 151 Å². The van der Waals surface area contributed by atoms with Crippen molar-refractivity contribution < 1.29 is 13.9 Å². The first kappa shape index (κ1) is 17.7. The molecule has 1 amide bonds. The highest BCUT2D eigenvalue weighted by molar-refractivity contribution is 6.04. The van der Waals surface area contributed by atoms with E-state index in [1.165, 1.54) is 16.8 Å². The van der Waals surface area contributed by atoms with Crippen molar-refractivity contribution in [3.63, 3.8) is 0 Å². The zero-order valence-electron chi connectivity index (χ0n) is 14.7. The van der Waals surface area contributed by atoms with Crippen LogP contribution in [0, 0.1) is 12.7 Å². The number of amides is 1. The highest BCUT2D eigenvalue weighted by Crippen LogP contribution is 2.22. The number of aryl methyl sites for hydroxylation is 1. The number of benzene rings is 2. The second-order valence-corrected chi connectivity index (χ2v) is 5.93. The molecule has 1 aromatic heterocycles. The third-order valence-electron chi connectivity index (χ3n) is 3.76. The second-order valence-electron chi connectivity index (χ2n) is 5.93. The fraction of sp³-hybridized carbons (Fsp3) is 0.200. The molecule has 0 saturated heterocycles. The van der Waals surface area contributed by atoms with Crippen LogP contribution in [-0.4, -0.2) is 22.3 Å². The molecular formula is C20H20FN3O2. The van der Waals surface area contributed by atoms with Gasteiger partial charge in [0.05, 0.1) is 18.5 Å². The Bertz CT molecular complexity index is 886. The summed E-state index contributed by atoms with van der Waals surface area (Å²) in [6.07, 6.45) is 2.44. The lowest BCUT2D eigenvalue weighted by atomic mass is 10.2. The van der Waals surface area contributed by atoms with Crippen LogP contribution in [0.2, 0.25) is 0 Å². The molecule has 26 heavy (non-hydrogen) atoms. The number of anilines is 1. The Balaban J connectivity index is 1.89. The molecule has 5 nitrogen and oxygen atoms in total. The van der Waals surface area contributed by atoms with E-state index in [1.54, 1.807) is 18.3 Å². The summed E-state index contributed by atoms with van der Waals surface area (Å²) >= 11 is 0. The summed E-state index contributed by atoms with van der Waals surface area (Å²) in [4.78, 5) is 12.7. The molecule has 2 aromatic carbocycles. The quantitative estimate of drug-likeness (QED) is 0.716. The minimum Gasteiger partial charge on any atom is -0.489 e. The molecule has 0 aliphatic heterocycles. The van der Waals surface area contributed by atoms with Gasteiger partial charge < -0.3 is 10.1 Å². The lowest BCUT2D eigenvalue weighted by molar-refractivity contribution is 0.101. The minimum absolute atomic E-state index is 0.184. The second kappa shape index (κ2) is 7.82. The molecule has 0 saturated carbocycles. The fourth-order valence-corrected chi connectivity index (χ4v) is 2.39. The van der Waals surface area contributed by atoms with Gasteiger partial charge in [-0.25, -0.2) is 9.07 Å². The van der Waals surface area contributed by atoms with Gasteiger partial charge in [-0.2, -0.15) is 5.10 Å². The highest BCUT2D eigenvalue weighted by atomic mass is 19.1. The van der Waals surface area contributed by atoms with Gasteiger partial charge in [-0.15, -0.1) is 0 Å². The number of rotatable bonds is 6. The Morgan fingerprint density at radius 1 is 1.15 bits per heavy atom. The summed E-state index contributed by atoms with van der Waals surface area (Å²) in [5.74, 6) is -0.303. The van der Waals surface area contributed by atoms with Crippen molar-refractivity contribution in [2.75, 3.05) is 11.9 Å². The number of halogens is 1. The van der Waals surface area contributed by atoms with Gasteiger partial charge in [0.1, 0.15) is 5.82 Å². The van der Waals surface area contributed by atoms with Crippen molar-refractivity contribution in [3.05, 3.63) is 71.8 Å². The molecule has 1 heterocycles. The molecule has 0 aliphatic carbocycles. The number of hydrogen-bond acceptors (Lipinski definition) is 3. The van der Waals surface area contributed by atoms with Gasteiger partial charge in [-0.3, -0.25) is 4.79 Å². The first-order chi connectivity index (χ1) is 12.6. The Kier molecular flexibility index (Phi) is 5.31. The van der Waals surface area contributed by atoms with Gasteiger partial charge in [0, 0.05) is 5.69 Å². The molecular weight excluding hydrogens is 333 g/mol. The molecule has 1 N–H and O–H groups in total. The van der Waals surface area contributed by atoms with Crippen LogP contribution in [0.15, 0.2) is 54.7 Å². The molecule has 134 valence electrons. The zero-order valence-corrected chi connectivity index (χ0v) is 14.7. The number of aromatic nitrogens is 2. The van der Waals surface area contributed by atoms with Crippen molar-refractivity contribution in [2.45, 2.75) is 20.3 Å². The summed E-state index contributed by atoms with van der Waals surface area (Å²) < 4.78 is 20.3. The Morgan fingerprint density at radius 2 is 1.85 bits per heavy atom. The summed E-state index contributed by atoms with van der Waals surface area (Å²) in [6.45, 7) is 4.43. The molecule has 0 aliphatic rings. The van der Waals surface area contributed by atoms with Crippen molar-refractivity contribution >= 4 is 11.6 Å². The van der Waals surface area contributed by atoms with Crippen LogP contribution >= 0.6 is 0 Å². The molecule has 0 unspecified atom stereocenters. The zero-order chi connectivity index (χ0) is 18.5. The molecule has 3 aromatic rings. The number of hydrogen-bond donors (Lipinski definition) is 1. The monoisotopic (exact) mass is 353 g/mol. The molecule has 0 atom stereocenters. The van der Waals surface area contributed by atoms with Crippen LogP contribution in [0.5, 0.6) is 5.75 Å². The van der Waals surface area contributed by atoms with E-state index in [1.807, 2.05) is 38.1 Å². The minimum atomic E-state index is -0.360. The Morgan fingerprint density at radius 3 is 2.50 bits per heavy atom. The van der Waals surface area contributed by atoms with E-state index in [2.05, 4.69) is 10.4 Å². The number of ether oxygens (including phenoxy) is 1. The number of nitrogens with one attached hydrogen (secondary N) is 1. The van der Waals surface area contributed by atoms with Gasteiger partial charge in [0.25, 0.3) is 5.91 Å². The molecule has 6 heteroatoms. The number of carbonyl (C=O) groups is 1. The van der Waals surface area contributed by atoms with E-state index < -0.39 is 0 Å². The van der Waals surface area contributed by atoms with E-state index in [9.17, 15) is 9.18 Å². The average molecular weight is 353 g/mol. The van der Waals surface area contributed by atoms with E-state index in [4.69, 9.17) is 4.74 Å². The summed E-state index contributed by atoms with van der Waals surface area (Å²) in [6, 6.07) is 13.4. The van der Waals surface area contributed by atoms with E-state index >= 15 is 0 Å². The SMILES string of the molecule is CCCOc1cn(-c2ccc(F)cc2)nc1C(=O)Nc1ccc(C)cc1. The van der Waals surface area contributed by atoms with Gasteiger partial charge in [-0.1, -0.05) is 24.6 Å². The van der Waals surface area contributed by atoms with Gasteiger partial charge in [0.2, 0.25) is 0 Å².